The van der Waals surface area contributed by atoms with Gasteiger partial charge in [-0.05, 0) is 19.4 Å². The van der Waals surface area contributed by atoms with Crippen molar-refractivity contribution in [1.29, 1.82) is 0 Å². The summed E-state index contributed by atoms with van der Waals surface area (Å²) in [5.74, 6) is 0.985. The Bertz CT molecular complexity index is 840. The van der Waals surface area contributed by atoms with Crippen molar-refractivity contribution in [2.24, 2.45) is 0 Å². The van der Waals surface area contributed by atoms with Gasteiger partial charge in [-0.15, -0.1) is 11.3 Å². The second-order valence-electron chi connectivity index (χ2n) is 5.45. The molecule has 0 spiro atoms. The Labute approximate surface area is 149 Å². The first-order valence-electron chi connectivity index (χ1n) is 7.52. The summed E-state index contributed by atoms with van der Waals surface area (Å²) in [6.45, 7) is 4.64. The van der Waals surface area contributed by atoms with Gasteiger partial charge in [-0.3, -0.25) is 4.79 Å². The number of carbonyl (C=O) groups is 1. The number of amides is 1. The van der Waals surface area contributed by atoms with Crippen molar-refractivity contribution in [3.05, 3.63) is 58.7 Å². The first kappa shape index (κ1) is 16.7. The zero-order valence-electron chi connectivity index (χ0n) is 13.5. The van der Waals surface area contributed by atoms with E-state index in [0.29, 0.717) is 18.1 Å². The molecule has 1 N–H and O–H groups in total. The third-order valence-electron chi connectivity index (χ3n) is 3.32. The quantitative estimate of drug-likeness (QED) is 0.682. The zero-order valence-corrected chi connectivity index (χ0v) is 15.2. The van der Waals surface area contributed by atoms with E-state index in [2.05, 4.69) is 40.5 Å². The number of carbonyl (C=O) groups excluding carboxylic acids is 1. The van der Waals surface area contributed by atoms with E-state index in [9.17, 15) is 4.79 Å². The number of rotatable bonds is 6. The van der Waals surface area contributed by atoms with Gasteiger partial charge in [-0.2, -0.15) is 5.10 Å². The maximum Gasteiger partial charge on any atom is 0.235 e. The molecule has 7 heteroatoms. The Morgan fingerprint density at radius 2 is 2.21 bits per heavy atom. The van der Waals surface area contributed by atoms with Gasteiger partial charge in [0.05, 0.1) is 18.5 Å². The SMILES string of the molecule is Cc1cccc(Cn2nccc2NC(=O)CSc2nc(C)cs2)c1. The lowest BCUT2D eigenvalue weighted by Gasteiger charge is -2.09. The minimum Gasteiger partial charge on any atom is -0.310 e. The summed E-state index contributed by atoms with van der Waals surface area (Å²) in [5.41, 5.74) is 3.35. The highest BCUT2D eigenvalue weighted by atomic mass is 32.2. The third kappa shape index (κ3) is 4.46. The minimum absolute atomic E-state index is 0.0566. The average molecular weight is 358 g/mol. The summed E-state index contributed by atoms with van der Waals surface area (Å²) in [7, 11) is 0. The molecule has 0 radical (unpaired) electrons. The lowest BCUT2D eigenvalue weighted by molar-refractivity contribution is -0.113. The van der Waals surface area contributed by atoms with Crippen molar-refractivity contribution >= 4 is 34.8 Å². The van der Waals surface area contributed by atoms with Crippen LogP contribution in [0.2, 0.25) is 0 Å². The van der Waals surface area contributed by atoms with E-state index in [-0.39, 0.29) is 5.91 Å². The molecule has 1 amide bonds. The van der Waals surface area contributed by atoms with E-state index >= 15 is 0 Å². The predicted octanol–water partition coefficient (Wildman–Crippen LogP) is 3.74. The van der Waals surface area contributed by atoms with E-state index in [0.717, 1.165) is 15.6 Å². The van der Waals surface area contributed by atoms with Crippen LogP contribution < -0.4 is 5.32 Å². The first-order chi connectivity index (χ1) is 11.6. The highest BCUT2D eigenvalue weighted by Crippen LogP contribution is 2.22. The summed E-state index contributed by atoms with van der Waals surface area (Å²) in [5, 5.41) is 9.20. The summed E-state index contributed by atoms with van der Waals surface area (Å²) < 4.78 is 2.71. The van der Waals surface area contributed by atoms with Crippen molar-refractivity contribution in [1.82, 2.24) is 14.8 Å². The maximum absolute atomic E-state index is 12.2. The summed E-state index contributed by atoms with van der Waals surface area (Å²) in [4.78, 5) is 16.5. The molecule has 0 atom stereocenters. The van der Waals surface area contributed by atoms with Crippen LogP contribution in [-0.4, -0.2) is 26.4 Å². The highest BCUT2D eigenvalue weighted by Gasteiger charge is 2.10. The smallest absolute Gasteiger partial charge is 0.235 e. The molecule has 0 unspecified atom stereocenters. The van der Waals surface area contributed by atoms with E-state index < -0.39 is 0 Å². The predicted molar refractivity (Wildman–Crippen MR) is 98.7 cm³/mol. The van der Waals surface area contributed by atoms with Crippen molar-refractivity contribution < 1.29 is 4.79 Å². The van der Waals surface area contributed by atoms with E-state index in [1.54, 1.807) is 22.2 Å². The normalized spacial score (nSPS) is 10.8. The lowest BCUT2D eigenvalue weighted by Crippen LogP contribution is -2.17. The molecule has 2 aromatic heterocycles. The lowest BCUT2D eigenvalue weighted by atomic mass is 10.1. The highest BCUT2D eigenvalue weighted by molar-refractivity contribution is 8.01. The molecule has 24 heavy (non-hydrogen) atoms. The zero-order chi connectivity index (χ0) is 16.9. The van der Waals surface area contributed by atoms with Gasteiger partial charge in [0, 0.05) is 17.1 Å². The molecule has 124 valence electrons. The van der Waals surface area contributed by atoms with Crippen LogP contribution in [0.15, 0.2) is 46.2 Å². The molecular formula is C17H18N4OS2. The number of aromatic nitrogens is 3. The summed E-state index contributed by atoms with van der Waals surface area (Å²) in [6, 6.07) is 10.1. The Morgan fingerprint density at radius 3 is 2.96 bits per heavy atom. The monoisotopic (exact) mass is 358 g/mol. The number of anilines is 1. The molecule has 0 saturated carbocycles. The molecule has 5 nitrogen and oxygen atoms in total. The van der Waals surface area contributed by atoms with Crippen LogP contribution in [0, 0.1) is 13.8 Å². The Kier molecular flexibility index (Phi) is 5.32. The molecule has 0 aliphatic carbocycles. The van der Waals surface area contributed by atoms with Crippen LogP contribution in [0.25, 0.3) is 0 Å². The van der Waals surface area contributed by atoms with Crippen LogP contribution >= 0.6 is 23.1 Å². The second kappa shape index (κ2) is 7.63. The van der Waals surface area contributed by atoms with Crippen molar-refractivity contribution in [2.75, 3.05) is 11.1 Å². The molecule has 3 rings (SSSR count). The molecule has 1 aromatic carbocycles. The number of hydrogen-bond donors (Lipinski definition) is 1. The van der Waals surface area contributed by atoms with Crippen molar-refractivity contribution in [3.63, 3.8) is 0 Å². The largest absolute Gasteiger partial charge is 0.310 e. The topological polar surface area (TPSA) is 59.8 Å². The van der Waals surface area contributed by atoms with Crippen LogP contribution in [0.5, 0.6) is 0 Å². The molecule has 3 aromatic rings. The van der Waals surface area contributed by atoms with E-state index in [1.165, 1.54) is 17.3 Å². The maximum atomic E-state index is 12.2. The minimum atomic E-state index is -0.0566. The van der Waals surface area contributed by atoms with Crippen LogP contribution in [-0.2, 0) is 11.3 Å². The van der Waals surface area contributed by atoms with Crippen molar-refractivity contribution in [3.8, 4) is 0 Å². The van der Waals surface area contributed by atoms with Gasteiger partial charge in [-0.25, -0.2) is 9.67 Å². The van der Waals surface area contributed by atoms with Crippen LogP contribution in [0.1, 0.15) is 16.8 Å². The molecule has 0 fully saturated rings. The number of hydrogen-bond acceptors (Lipinski definition) is 5. The van der Waals surface area contributed by atoms with Gasteiger partial charge in [0.15, 0.2) is 4.34 Å². The van der Waals surface area contributed by atoms with Gasteiger partial charge in [0.1, 0.15) is 5.82 Å². The standard InChI is InChI=1S/C17H18N4OS2/c1-12-4-3-5-14(8-12)9-21-15(6-7-18-21)20-16(22)11-24-17-19-13(2)10-23-17/h3-8,10H,9,11H2,1-2H3,(H,20,22). The molecule has 0 aliphatic rings. The van der Waals surface area contributed by atoms with Gasteiger partial charge in [0.2, 0.25) is 5.91 Å². The Balaban J connectivity index is 1.59. The fourth-order valence-electron chi connectivity index (χ4n) is 2.25. The van der Waals surface area contributed by atoms with Crippen LogP contribution in [0.4, 0.5) is 5.82 Å². The van der Waals surface area contributed by atoms with E-state index in [1.807, 2.05) is 24.4 Å². The molecular weight excluding hydrogens is 340 g/mol. The van der Waals surface area contributed by atoms with E-state index in [4.69, 9.17) is 0 Å². The number of nitrogens with zero attached hydrogens (tertiary/aromatic N) is 3. The Morgan fingerprint density at radius 1 is 1.33 bits per heavy atom. The Hall–Kier alpha value is -2.12. The fraction of sp³-hybridized carbons (Fsp3) is 0.235. The second-order valence-corrected chi connectivity index (χ2v) is 7.54. The summed E-state index contributed by atoms with van der Waals surface area (Å²) in [6.07, 6.45) is 1.70. The number of aryl methyl sites for hydroxylation is 2. The average Bonchev–Trinajstić information content (AvgIpc) is 3.15. The number of thiazole rings is 1. The third-order valence-corrected chi connectivity index (χ3v) is 5.46. The van der Waals surface area contributed by atoms with Crippen LogP contribution in [0.3, 0.4) is 0 Å². The molecule has 2 heterocycles. The van der Waals surface area contributed by atoms with Gasteiger partial charge in [0.25, 0.3) is 0 Å². The van der Waals surface area contributed by atoms with Gasteiger partial charge >= 0.3 is 0 Å². The molecule has 0 aliphatic heterocycles. The number of thioether (sulfide) groups is 1. The molecule has 0 saturated heterocycles. The first-order valence-corrected chi connectivity index (χ1v) is 9.39. The summed E-state index contributed by atoms with van der Waals surface area (Å²) >= 11 is 3.01. The van der Waals surface area contributed by atoms with Crippen molar-refractivity contribution in [2.45, 2.75) is 24.7 Å². The number of benzene rings is 1. The number of nitrogens with one attached hydrogen (secondary N) is 1. The van der Waals surface area contributed by atoms with Gasteiger partial charge < -0.3 is 5.32 Å². The van der Waals surface area contributed by atoms with Gasteiger partial charge in [-0.1, -0.05) is 41.6 Å². The fourth-order valence-corrected chi connectivity index (χ4v) is 3.90. The molecule has 0 bridgehead atoms.